The van der Waals surface area contributed by atoms with Gasteiger partial charge in [0.1, 0.15) is 6.04 Å². The van der Waals surface area contributed by atoms with Crippen LogP contribution >= 0.6 is 11.6 Å². The topological polar surface area (TPSA) is 38.3 Å². The molecule has 1 amide bonds. The Hall–Kier alpha value is -1.36. The number of alkyl halides is 2. The fraction of sp³-hybridized carbons (Fsp3) is 0.364. The van der Waals surface area contributed by atoms with E-state index in [-0.39, 0.29) is 0 Å². The second kappa shape index (κ2) is 4.14. The number of aryl methyl sites for hydroxylation is 1. The minimum atomic E-state index is -3.13. The second-order valence-electron chi connectivity index (χ2n) is 3.92. The number of ether oxygens (including phenoxy) is 1. The quantitative estimate of drug-likeness (QED) is 0.844. The third-order valence-electron chi connectivity index (χ3n) is 2.60. The normalized spacial score (nSPS) is 22.8. The van der Waals surface area contributed by atoms with Crippen LogP contribution in [-0.4, -0.2) is 18.6 Å². The van der Waals surface area contributed by atoms with Crippen molar-refractivity contribution in [1.29, 1.82) is 0 Å². The van der Waals surface area contributed by atoms with Crippen LogP contribution in [0.15, 0.2) is 18.2 Å². The second-order valence-corrected chi connectivity index (χ2v) is 4.33. The standard InChI is InChI=1S/C11H10ClF2NO2/c1-6-4-7(2-3-8(6)12)9-11(13,14)5-17-10(16)15-9/h2-4,9H,5H2,1H3,(H,15,16)/t9-/m1/s1. The van der Waals surface area contributed by atoms with Crippen LogP contribution in [0.3, 0.4) is 0 Å². The zero-order chi connectivity index (χ0) is 12.6. The van der Waals surface area contributed by atoms with Crippen LogP contribution in [0, 0.1) is 6.92 Å². The number of hydrogen-bond donors (Lipinski definition) is 1. The summed E-state index contributed by atoms with van der Waals surface area (Å²) in [5.41, 5.74) is 0.995. The van der Waals surface area contributed by atoms with Gasteiger partial charge >= 0.3 is 12.0 Å². The third-order valence-corrected chi connectivity index (χ3v) is 3.02. The third kappa shape index (κ3) is 2.34. The van der Waals surface area contributed by atoms with Gasteiger partial charge in [0.2, 0.25) is 0 Å². The molecular weight excluding hydrogens is 252 g/mol. The van der Waals surface area contributed by atoms with Crippen molar-refractivity contribution in [3.8, 4) is 0 Å². The minimum Gasteiger partial charge on any atom is -0.443 e. The Morgan fingerprint density at radius 1 is 1.53 bits per heavy atom. The van der Waals surface area contributed by atoms with Gasteiger partial charge in [-0.1, -0.05) is 23.7 Å². The molecule has 1 aromatic rings. The summed E-state index contributed by atoms with van der Waals surface area (Å²) in [4.78, 5) is 11.0. The average molecular weight is 262 g/mol. The maximum Gasteiger partial charge on any atom is 0.408 e. The maximum absolute atomic E-state index is 13.6. The van der Waals surface area contributed by atoms with Gasteiger partial charge in [0, 0.05) is 5.02 Å². The summed E-state index contributed by atoms with van der Waals surface area (Å²) in [7, 11) is 0. The SMILES string of the molecule is Cc1cc([C@H]2NC(=O)OCC2(F)F)ccc1Cl. The van der Waals surface area contributed by atoms with Crippen LogP contribution < -0.4 is 5.32 Å². The fourth-order valence-electron chi connectivity index (χ4n) is 1.68. The zero-order valence-corrected chi connectivity index (χ0v) is 9.72. The molecule has 1 aliphatic rings. The number of carbonyl (C=O) groups excluding carboxylic acids is 1. The monoisotopic (exact) mass is 261 g/mol. The van der Waals surface area contributed by atoms with E-state index in [1.165, 1.54) is 18.2 Å². The van der Waals surface area contributed by atoms with Gasteiger partial charge in [0.05, 0.1) is 0 Å². The molecule has 0 bridgehead atoms. The van der Waals surface area contributed by atoms with Crippen molar-refractivity contribution >= 4 is 17.7 Å². The van der Waals surface area contributed by atoms with Crippen molar-refractivity contribution in [2.75, 3.05) is 6.61 Å². The van der Waals surface area contributed by atoms with Crippen LogP contribution in [0.1, 0.15) is 17.2 Å². The van der Waals surface area contributed by atoms with Crippen molar-refractivity contribution in [3.05, 3.63) is 34.3 Å². The first kappa shape index (κ1) is 12.1. The number of benzene rings is 1. The molecule has 1 N–H and O–H groups in total. The van der Waals surface area contributed by atoms with Gasteiger partial charge in [0.15, 0.2) is 6.61 Å². The fourth-order valence-corrected chi connectivity index (χ4v) is 1.80. The van der Waals surface area contributed by atoms with Gasteiger partial charge < -0.3 is 10.1 Å². The lowest BCUT2D eigenvalue weighted by Gasteiger charge is -2.32. The zero-order valence-electron chi connectivity index (χ0n) is 8.97. The highest BCUT2D eigenvalue weighted by Gasteiger charge is 2.46. The molecular formula is C11H10ClF2NO2. The van der Waals surface area contributed by atoms with E-state index < -0.39 is 24.7 Å². The summed E-state index contributed by atoms with van der Waals surface area (Å²) in [6.07, 6.45) is -0.839. The maximum atomic E-state index is 13.6. The molecule has 0 saturated carbocycles. The number of carbonyl (C=O) groups is 1. The molecule has 0 aliphatic carbocycles. The van der Waals surface area contributed by atoms with E-state index in [9.17, 15) is 13.6 Å². The molecule has 0 spiro atoms. The molecule has 6 heteroatoms. The molecule has 17 heavy (non-hydrogen) atoms. The summed E-state index contributed by atoms with van der Waals surface area (Å²) in [5, 5.41) is 2.61. The molecule has 1 fully saturated rings. The molecule has 1 aliphatic heterocycles. The Kier molecular flexibility index (Phi) is 2.95. The molecule has 92 valence electrons. The summed E-state index contributed by atoms with van der Waals surface area (Å²) in [6, 6.07) is 3.16. The van der Waals surface area contributed by atoms with Crippen LogP contribution in [0.5, 0.6) is 0 Å². The lowest BCUT2D eigenvalue weighted by Crippen LogP contribution is -2.49. The van der Waals surface area contributed by atoms with E-state index in [0.717, 1.165) is 0 Å². The number of amides is 1. The number of alkyl carbamates (subject to hydrolysis) is 1. The molecule has 0 unspecified atom stereocenters. The van der Waals surface area contributed by atoms with E-state index in [1.54, 1.807) is 6.92 Å². The molecule has 1 aromatic carbocycles. The molecule has 1 atom stereocenters. The van der Waals surface area contributed by atoms with Gasteiger partial charge in [-0.25, -0.2) is 13.6 Å². The van der Waals surface area contributed by atoms with Gasteiger partial charge in [-0.3, -0.25) is 0 Å². The highest BCUT2D eigenvalue weighted by Crippen LogP contribution is 2.35. The van der Waals surface area contributed by atoms with E-state index in [2.05, 4.69) is 10.1 Å². The first-order valence-corrected chi connectivity index (χ1v) is 5.35. The van der Waals surface area contributed by atoms with Crippen molar-refractivity contribution in [2.45, 2.75) is 18.9 Å². The Morgan fingerprint density at radius 2 is 2.24 bits per heavy atom. The summed E-state index contributed by atoms with van der Waals surface area (Å²) < 4.78 is 31.4. The van der Waals surface area contributed by atoms with Crippen LogP contribution in [0.4, 0.5) is 13.6 Å². The number of cyclic esters (lactones) is 1. The minimum absolute atomic E-state index is 0.313. The lowest BCUT2D eigenvalue weighted by atomic mass is 9.98. The van der Waals surface area contributed by atoms with Crippen LogP contribution in [0.25, 0.3) is 0 Å². The van der Waals surface area contributed by atoms with E-state index in [4.69, 9.17) is 11.6 Å². The van der Waals surface area contributed by atoms with Gasteiger partial charge in [-0.05, 0) is 24.1 Å². The Labute approximate surface area is 102 Å². The first-order valence-electron chi connectivity index (χ1n) is 4.97. The number of halogens is 3. The van der Waals surface area contributed by atoms with Crippen LogP contribution in [-0.2, 0) is 4.74 Å². The summed E-state index contributed by atoms with van der Waals surface area (Å²) >= 11 is 5.82. The molecule has 2 rings (SSSR count). The number of nitrogens with one attached hydrogen (secondary N) is 1. The van der Waals surface area contributed by atoms with Gasteiger partial charge in [-0.15, -0.1) is 0 Å². The highest BCUT2D eigenvalue weighted by molar-refractivity contribution is 6.31. The molecule has 1 heterocycles. The summed E-state index contributed by atoms with van der Waals surface area (Å²) in [6.45, 7) is 0.802. The smallest absolute Gasteiger partial charge is 0.408 e. The van der Waals surface area contributed by atoms with E-state index in [0.29, 0.717) is 16.1 Å². The Bertz CT molecular complexity index is 465. The van der Waals surface area contributed by atoms with Crippen molar-refractivity contribution in [2.24, 2.45) is 0 Å². The van der Waals surface area contributed by atoms with Crippen molar-refractivity contribution < 1.29 is 18.3 Å². The van der Waals surface area contributed by atoms with Gasteiger partial charge in [0.25, 0.3) is 0 Å². The van der Waals surface area contributed by atoms with Crippen LogP contribution in [0.2, 0.25) is 5.02 Å². The highest BCUT2D eigenvalue weighted by atomic mass is 35.5. The number of rotatable bonds is 1. The first-order chi connectivity index (χ1) is 7.90. The Balaban J connectivity index is 2.36. The largest absolute Gasteiger partial charge is 0.443 e. The molecule has 3 nitrogen and oxygen atoms in total. The molecule has 0 aromatic heterocycles. The Morgan fingerprint density at radius 3 is 2.88 bits per heavy atom. The van der Waals surface area contributed by atoms with Crippen molar-refractivity contribution in [3.63, 3.8) is 0 Å². The van der Waals surface area contributed by atoms with E-state index in [1.807, 2.05) is 0 Å². The lowest BCUT2D eigenvalue weighted by molar-refractivity contribution is -0.104. The van der Waals surface area contributed by atoms with Crippen molar-refractivity contribution in [1.82, 2.24) is 5.32 Å². The predicted octanol–water partition coefficient (Wildman–Crippen LogP) is 3.06. The average Bonchev–Trinajstić information content (AvgIpc) is 2.26. The van der Waals surface area contributed by atoms with E-state index >= 15 is 0 Å². The summed E-state index contributed by atoms with van der Waals surface area (Å²) in [5.74, 6) is -3.13. The predicted molar refractivity (Wildman–Crippen MR) is 58.4 cm³/mol. The molecule has 0 radical (unpaired) electrons. The molecule has 1 saturated heterocycles. The van der Waals surface area contributed by atoms with Gasteiger partial charge in [-0.2, -0.15) is 0 Å². The number of hydrogen-bond acceptors (Lipinski definition) is 2.